The molecule has 1 aliphatic rings. The number of nitrogens with zero attached hydrogens (tertiary/aromatic N) is 1. The Morgan fingerprint density at radius 3 is 3.00 bits per heavy atom. The fourth-order valence-electron chi connectivity index (χ4n) is 1.10. The normalized spacial score (nSPS) is 23.3. The minimum Gasteiger partial charge on any atom is -0.480 e. The average Bonchev–Trinajstić information content (AvgIpc) is 2.11. The van der Waals surface area contributed by atoms with Gasteiger partial charge in [-0.05, 0) is 19.9 Å². The zero-order chi connectivity index (χ0) is 9.14. The summed E-state index contributed by atoms with van der Waals surface area (Å²) in [6.07, 6.45) is 1.84. The van der Waals surface area contributed by atoms with E-state index in [-0.39, 0.29) is 0 Å². The fraction of sp³-hybridized carbons (Fsp3) is 0.500. The van der Waals surface area contributed by atoms with Crippen molar-refractivity contribution in [1.29, 1.82) is 0 Å². The van der Waals surface area contributed by atoms with Crippen molar-refractivity contribution in [3.05, 3.63) is 11.8 Å². The standard InChI is InChI=1S/C8H12N2O2/c1-5-3-6(2)10-7(4-9-5)8(11)12/h3,7,10H,4H2,1-2H3,(H,11,12). The first kappa shape index (κ1) is 8.77. The lowest BCUT2D eigenvalue weighted by atomic mass is 10.3. The second kappa shape index (κ2) is 3.38. The lowest BCUT2D eigenvalue weighted by Gasteiger charge is -2.10. The van der Waals surface area contributed by atoms with Crippen molar-refractivity contribution >= 4 is 11.7 Å². The van der Waals surface area contributed by atoms with Crippen LogP contribution in [0.5, 0.6) is 0 Å². The van der Waals surface area contributed by atoms with Crippen LogP contribution in [0, 0.1) is 0 Å². The first-order valence-electron chi connectivity index (χ1n) is 3.78. The van der Waals surface area contributed by atoms with Gasteiger partial charge in [0.1, 0.15) is 6.04 Å². The minimum atomic E-state index is -0.860. The van der Waals surface area contributed by atoms with Gasteiger partial charge < -0.3 is 10.4 Å². The highest BCUT2D eigenvalue weighted by atomic mass is 16.4. The number of carboxylic acid groups (broad SMARTS) is 1. The Morgan fingerprint density at radius 1 is 1.75 bits per heavy atom. The van der Waals surface area contributed by atoms with Gasteiger partial charge >= 0.3 is 5.97 Å². The first-order valence-corrected chi connectivity index (χ1v) is 3.78. The molecule has 1 aliphatic heterocycles. The first-order chi connectivity index (χ1) is 5.59. The smallest absolute Gasteiger partial charge is 0.328 e. The molecule has 0 spiro atoms. The van der Waals surface area contributed by atoms with Crippen LogP contribution in [0.25, 0.3) is 0 Å². The molecule has 1 rings (SSSR count). The van der Waals surface area contributed by atoms with E-state index in [2.05, 4.69) is 10.3 Å². The molecule has 0 aromatic rings. The maximum Gasteiger partial charge on any atom is 0.328 e. The molecule has 0 aliphatic carbocycles. The zero-order valence-electron chi connectivity index (χ0n) is 7.16. The molecule has 0 saturated carbocycles. The summed E-state index contributed by atoms with van der Waals surface area (Å²) >= 11 is 0. The van der Waals surface area contributed by atoms with Gasteiger partial charge in [0.05, 0.1) is 6.54 Å². The molecule has 1 unspecified atom stereocenters. The van der Waals surface area contributed by atoms with Gasteiger partial charge in [-0.25, -0.2) is 4.79 Å². The highest BCUT2D eigenvalue weighted by Crippen LogP contribution is 1.99. The second-order valence-corrected chi connectivity index (χ2v) is 2.84. The zero-order valence-corrected chi connectivity index (χ0v) is 7.16. The van der Waals surface area contributed by atoms with E-state index < -0.39 is 12.0 Å². The summed E-state index contributed by atoms with van der Waals surface area (Å²) in [7, 11) is 0. The monoisotopic (exact) mass is 168 g/mol. The van der Waals surface area contributed by atoms with Crippen molar-refractivity contribution in [2.24, 2.45) is 4.99 Å². The molecule has 0 radical (unpaired) electrons. The number of aliphatic imine (C=N–C) groups is 1. The number of hydrogen-bond donors (Lipinski definition) is 2. The van der Waals surface area contributed by atoms with Crippen LogP contribution in [0.3, 0.4) is 0 Å². The Bertz CT molecular complexity index is 256. The van der Waals surface area contributed by atoms with Crippen LogP contribution < -0.4 is 5.32 Å². The molecule has 0 bridgehead atoms. The predicted octanol–water partition coefficient (Wildman–Crippen LogP) is 0.407. The SMILES string of the molecule is CC1=CC(C)=NCC(C(=O)O)N1. The van der Waals surface area contributed by atoms with Crippen molar-refractivity contribution in [1.82, 2.24) is 5.32 Å². The Morgan fingerprint density at radius 2 is 2.42 bits per heavy atom. The Kier molecular flexibility index (Phi) is 2.47. The second-order valence-electron chi connectivity index (χ2n) is 2.84. The van der Waals surface area contributed by atoms with Gasteiger partial charge in [-0.15, -0.1) is 0 Å². The number of carboxylic acids is 1. The van der Waals surface area contributed by atoms with E-state index in [0.717, 1.165) is 11.4 Å². The third-order valence-electron chi connectivity index (χ3n) is 1.65. The van der Waals surface area contributed by atoms with Crippen LogP contribution in [0.15, 0.2) is 16.8 Å². The lowest BCUT2D eigenvalue weighted by Crippen LogP contribution is -2.37. The molecule has 1 atom stereocenters. The summed E-state index contributed by atoms with van der Waals surface area (Å²) in [6, 6.07) is -0.585. The van der Waals surface area contributed by atoms with Crippen LogP contribution in [-0.2, 0) is 4.79 Å². The van der Waals surface area contributed by atoms with Gasteiger partial charge in [-0.1, -0.05) is 0 Å². The number of aliphatic carboxylic acids is 1. The molecule has 0 aromatic carbocycles. The van der Waals surface area contributed by atoms with Crippen molar-refractivity contribution in [2.45, 2.75) is 19.9 Å². The van der Waals surface area contributed by atoms with Gasteiger partial charge in [0.25, 0.3) is 0 Å². The number of rotatable bonds is 1. The van der Waals surface area contributed by atoms with E-state index in [4.69, 9.17) is 5.11 Å². The fourth-order valence-corrected chi connectivity index (χ4v) is 1.10. The molecule has 1 heterocycles. The highest BCUT2D eigenvalue weighted by Gasteiger charge is 2.17. The molecule has 0 amide bonds. The van der Waals surface area contributed by atoms with E-state index >= 15 is 0 Å². The van der Waals surface area contributed by atoms with Crippen molar-refractivity contribution in [2.75, 3.05) is 6.54 Å². The molecule has 12 heavy (non-hydrogen) atoms. The number of allylic oxidation sites excluding steroid dienone is 2. The number of carbonyl (C=O) groups is 1. The largest absolute Gasteiger partial charge is 0.480 e. The van der Waals surface area contributed by atoms with E-state index in [0.29, 0.717) is 6.54 Å². The van der Waals surface area contributed by atoms with E-state index in [1.54, 1.807) is 0 Å². The molecule has 4 nitrogen and oxygen atoms in total. The van der Waals surface area contributed by atoms with Gasteiger partial charge in [0.15, 0.2) is 0 Å². The maximum absolute atomic E-state index is 10.6. The van der Waals surface area contributed by atoms with Crippen LogP contribution in [-0.4, -0.2) is 29.4 Å². The van der Waals surface area contributed by atoms with E-state index in [1.165, 1.54) is 0 Å². The van der Waals surface area contributed by atoms with Gasteiger partial charge in [0, 0.05) is 11.4 Å². The van der Waals surface area contributed by atoms with Gasteiger partial charge in [0.2, 0.25) is 0 Å². The Labute approximate surface area is 71.0 Å². The predicted molar refractivity (Wildman–Crippen MR) is 46.3 cm³/mol. The molecule has 2 N–H and O–H groups in total. The quantitative estimate of drug-likeness (QED) is 0.596. The summed E-state index contributed by atoms with van der Waals surface area (Å²) in [5.74, 6) is -0.860. The van der Waals surface area contributed by atoms with Gasteiger partial charge in [-0.2, -0.15) is 0 Å². The van der Waals surface area contributed by atoms with Crippen molar-refractivity contribution in [3.8, 4) is 0 Å². The van der Waals surface area contributed by atoms with Gasteiger partial charge in [-0.3, -0.25) is 4.99 Å². The molecular weight excluding hydrogens is 156 g/mol. The molecule has 0 fully saturated rings. The molecule has 0 aromatic heterocycles. The minimum absolute atomic E-state index is 0.301. The Balaban J connectivity index is 2.77. The van der Waals surface area contributed by atoms with E-state index in [9.17, 15) is 4.79 Å². The maximum atomic E-state index is 10.6. The summed E-state index contributed by atoms with van der Waals surface area (Å²) in [5, 5.41) is 11.6. The summed E-state index contributed by atoms with van der Waals surface area (Å²) in [4.78, 5) is 14.7. The molecular formula is C8H12N2O2. The van der Waals surface area contributed by atoms with Crippen LogP contribution >= 0.6 is 0 Å². The average molecular weight is 168 g/mol. The van der Waals surface area contributed by atoms with Crippen LogP contribution in [0.4, 0.5) is 0 Å². The molecule has 66 valence electrons. The highest BCUT2D eigenvalue weighted by molar-refractivity contribution is 5.94. The number of nitrogens with one attached hydrogen (secondary N) is 1. The van der Waals surface area contributed by atoms with Crippen molar-refractivity contribution in [3.63, 3.8) is 0 Å². The third kappa shape index (κ3) is 2.08. The number of hydrogen-bond acceptors (Lipinski definition) is 3. The topological polar surface area (TPSA) is 61.7 Å². The Hall–Kier alpha value is -1.32. The lowest BCUT2D eigenvalue weighted by molar-refractivity contribution is -0.138. The summed E-state index contributed by atoms with van der Waals surface area (Å²) in [6.45, 7) is 3.99. The molecule has 4 heteroatoms. The van der Waals surface area contributed by atoms with Crippen molar-refractivity contribution < 1.29 is 9.90 Å². The van der Waals surface area contributed by atoms with Crippen LogP contribution in [0.2, 0.25) is 0 Å². The molecule has 0 saturated heterocycles. The third-order valence-corrected chi connectivity index (χ3v) is 1.65. The summed E-state index contributed by atoms with van der Waals surface area (Å²) in [5.41, 5.74) is 1.71. The van der Waals surface area contributed by atoms with E-state index in [1.807, 2.05) is 19.9 Å². The van der Waals surface area contributed by atoms with Crippen LogP contribution in [0.1, 0.15) is 13.8 Å². The summed E-state index contributed by atoms with van der Waals surface area (Å²) < 4.78 is 0.